The van der Waals surface area contributed by atoms with E-state index < -0.39 is 28.5 Å². The van der Waals surface area contributed by atoms with Crippen molar-refractivity contribution in [3.05, 3.63) is 130 Å². The van der Waals surface area contributed by atoms with Crippen LogP contribution in [-0.4, -0.2) is 44.3 Å². The van der Waals surface area contributed by atoms with Gasteiger partial charge in [-0.25, -0.2) is 8.42 Å². The average molecular weight is 632 g/mol. The molecule has 0 saturated carbocycles. The summed E-state index contributed by atoms with van der Waals surface area (Å²) in [6.45, 7) is 5.63. The largest absolute Gasteiger partial charge is 0.354 e. The Morgan fingerprint density at radius 1 is 0.841 bits per heavy atom. The highest BCUT2D eigenvalue weighted by molar-refractivity contribution is 7.92. The van der Waals surface area contributed by atoms with E-state index in [0.29, 0.717) is 22.8 Å². The number of carbonyl (C=O) groups excluding carboxylic acids is 2. The lowest BCUT2D eigenvalue weighted by Gasteiger charge is -2.34. The van der Waals surface area contributed by atoms with Crippen molar-refractivity contribution in [3.8, 4) is 0 Å². The first-order valence-corrected chi connectivity index (χ1v) is 16.4. The van der Waals surface area contributed by atoms with Crippen LogP contribution in [0.4, 0.5) is 5.69 Å². The summed E-state index contributed by atoms with van der Waals surface area (Å²) in [5.41, 5.74) is 3.59. The summed E-state index contributed by atoms with van der Waals surface area (Å²) in [5, 5.41) is 3.44. The lowest BCUT2D eigenvalue weighted by molar-refractivity contribution is -0.140. The zero-order valence-electron chi connectivity index (χ0n) is 25.2. The van der Waals surface area contributed by atoms with Gasteiger partial charge in [0.2, 0.25) is 11.8 Å². The number of benzene rings is 4. The summed E-state index contributed by atoms with van der Waals surface area (Å²) in [7, 11) is -4.16. The number of amides is 2. The van der Waals surface area contributed by atoms with Crippen molar-refractivity contribution in [1.82, 2.24) is 10.2 Å². The van der Waals surface area contributed by atoms with Crippen LogP contribution in [0.5, 0.6) is 0 Å². The van der Waals surface area contributed by atoms with Gasteiger partial charge in [0.15, 0.2) is 0 Å². The van der Waals surface area contributed by atoms with E-state index in [2.05, 4.69) is 5.32 Å². The molecule has 44 heavy (non-hydrogen) atoms. The van der Waals surface area contributed by atoms with Gasteiger partial charge >= 0.3 is 0 Å². The Bertz CT molecular complexity index is 1680. The summed E-state index contributed by atoms with van der Waals surface area (Å²) in [5.74, 6) is -0.827. The summed E-state index contributed by atoms with van der Waals surface area (Å²) in [4.78, 5) is 29.7. The summed E-state index contributed by atoms with van der Waals surface area (Å²) >= 11 is 6.30. The molecule has 0 heterocycles. The molecular formula is C35H38ClN3O4S. The standard InChI is InChI=1S/C35H38ClN3O4S/c1-4-21-37-35(41)33(23-28-12-6-5-7-13-28)38(24-29-14-10-15-30(36)22-29)34(40)25-39(32-16-9-8-11-27(32)3)44(42,43)31-19-17-26(2)18-20-31/h5-20,22,33H,4,21,23-25H2,1-3H3,(H,37,41)/t33-/m1/s1. The van der Waals surface area contributed by atoms with Crippen LogP contribution in [0.25, 0.3) is 0 Å². The molecule has 4 rings (SSSR count). The third kappa shape index (κ3) is 8.27. The second-order valence-corrected chi connectivity index (χ2v) is 13.1. The molecule has 1 N–H and O–H groups in total. The first-order chi connectivity index (χ1) is 21.1. The highest BCUT2D eigenvalue weighted by Crippen LogP contribution is 2.28. The Hall–Kier alpha value is -4.14. The Balaban J connectivity index is 1.80. The maximum Gasteiger partial charge on any atom is 0.264 e. The number of para-hydroxylation sites is 1. The molecule has 0 aliphatic heterocycles. The Morgan fingerprint density at radius 3 is 2.16 bits per heavy atom. The number of rotatable bonds is 13. The van der Waals surface area contributed by atoms with Crippen molar-refractivity contribution in [3.63, 3.8) is 0 Å². The van der Waals surface area contributed by atoms with E-state index in [1.165, 1.54) is 4.90 Å². The van der Waals surface area contributed by atoms with E-state index in [-0.39, 0.29) is 23.8 Å². The Labute approximate surface area is 265 Å². The maximum atomic E-state index is 14.5. The first-order valence-electron chi connectivity index (χ1n) is 14.6. The van der Waals surface area contributed by atoms with Gasteiger partial charge in [0.05, 0.1) is 10.6 Å². The van der Waals surface area contributed by atoms with Gasteiger partial charge in [0.1, 0.15) is 12.6 Å². The van der Waals surface area contributed by atoms with Crippen LogP contribution in [0.3, 0.4) is 0 Å². The van der Waals surface area contributed by atoms with Crippen LogP contribution in [0.2, 0.25) is 5.02 Å². The molecule has 4 aromatic rings. The second kappa shape index (κ2) is 15.0. The van der Waals surface area contributed by atoms with Crippen LogP contribution in [-0.2, 0) is 32.6 Å². The molecule has 1 atom stereocenters. The Kier molecular flexibility index (Phi) is 11.2. The van der Waals surface area contributed by atoms with E-state index in [1.54, 1.807) is 67.6 Å². The van der Waals surface area contributed by atoms with E-state index in [9.17, 15) is 18.0 Å². The van der Waals surface area contributed by atoms with Crippen molar-refractivity contribution in [2.45, 2.75) is 51.1 Å². The second-order valence-electron chi connectivity index (χ2n) is 10.8. The van der Waals surface area contributed by atoms with Crippen molar-refractivity contribution < 1.29 is 18.0 Å². The van der Waals surface area contributed by atoms with Crippen LogP contribution in [0, 0.1) is 13.8 Å². The minimum Gasteiger partial charge on any atom is -0.354 e. The minimum absolute atomic E-state index is 0.0582. The molecule has 0 bridgehead atoms. The molecule has 0 spiro atoms. The lowest BCUT2D eigenvalue weighted by Crippen LogP contribution is -2.53. The number of anilines is 1. The third-order valence-corrected chi connectivity index (χ3v) is 9.34. The number of halogens is 1. The smallest absolute Gasteiger partial charge is 0.264 e. The molecule has 0 aliphatic rings. The summed E-state index contributed by atoms with van der Waals surface area (Å²) < 4.78 is 29.4. The SMILES string of the molecule is CCCNC(=O)[C@@H](Cc1ccccc1)N(Cc1cccc(Cl)c1)C(=O)CN(c1ccccc1C)S(=O)(=O)c1ccc(C)cc1. The Morgan fingerprint density at radius 2 is 1.50 bits per heavy atom. The highest BCUT2D eigenvalue weighted by atomic mass is 35.5. The maximum absolute atomic E-state index is 14.5. The number of nitrogens with one attached hydrogen (secondary N) is 1. The minimum atomic E-state index is -4.16. The average Bonchev–Trinajstić information content (AvgIpc) is 3.01. The summed E-state index contributed by atoms with van der Waals surface area (Å²) in [6.07, 6.45) is 0.972. The van der Waals surface area contributed by atoms with Crippen molar-refractivity contribution in [2.75, 3.05) is 17.4 Å². The van der Waals surface area contributed by atoms with Gasteiger partial charge in [-0.3, -0.25) is 13.9 Å². The molecule has 0 saturated heterocycles. The normalized spacial score (nSPS) is 11.9. The molecule has 0 unspecified atom stereocenters. The lowest BCUT2D eigenvalue weighted by atomic mass is 10.0. The number of hydrogen-bond donors (Lipinski definition) is 1. The zero-order chi connectivity index (χ0) is 31.7. The van der Waals surface area contributed by atoms with Gasteiger partial charge in [-0.15, -0.1) is 0 Å². The van der Waals surface area contributed by atoms with Crippen LogP contribution in [0.15, 0.2) is 108 Å². The predicted octanol–water partition coefficient (Wildman–Crippen LogP) is 6.32. The monoisotopic (exact) mass is 631 g/mol. The topological polar surface area (TPSA) is 86.8 Å². The van der Waals surface area contributed by atoms with E-state index in [1.807, 2.05) is 56.3 Å². The van der Waals surface area contributed by atoms with Crippen molar-refractivity contribution in [2.24, 2.45) is 0 Å². The van der Waals surface area contributed by atoms with E-state index >= 15 is 0 Å². The molecule has 2 amide bonds. The van der Waals surface area contributed by atoms with Crippen molar-refractivity contribution >= 4 is 39.1 Å². The quantitative estimate of drug-likeness (QED) is 0.187. The van der Waals surface area contributed by atoms with Crippen LogP contribution in [0.1, 0.15) is 35.6 Å². The number of nitrogens with zero attached hydrogens (tertiary/aromatic N) is 2. The highest BCUT2D eigenvalue weighted by Gasteiger charge is 2.35. The molecule has 4 aromatic carbocycles. The van der Waals surface area contributed by atoms with Gasteiger partial charge in [0, 0.05) is 24.5 Å². The van der Waals surface area contributed by atoms with Gasteiger partial charge < -0.3 is 10.2 Å². The predicted molar refractivity (Wildman–Crippen MR) is 176 cm³/mol. The molecule has 0 aromatic heterocycles. The zero-order valence-corrected chi connectivity index (χ0v) is 26.8. The molecule has 0 radical (unpaired) electrons. The van der Waals surface area contributed by atoms with E-state index in [4.69, 9.17) is 11.6 Å². The molecule has 230 valence electrons. The fourth-order valence-electron chi connectivity index (χ4n) is 4.95. The molecular weight excluding hydrogens is 594 g/mol. The van der Waals surface area contributed by atoms with Crippen LogP contribution < -0.4 is 9.62 Å². The van der Waals surface area contributed by atoms with Gasteiger partial charge in [-0.2, -0.15) is 0 Å². The van der Waals surface area contributed by atoms with Crippen molar-refractivity contribution in [1.29, 1.82) is 0 Å². The van der Waals surface area contributed by atoms with Gasteiger partial charge in [-0.1, -0.05) is 96.9 Å². The van der Waals surface area contributed by atoms with E-state index in [0.717, 1.165) is 27.4 Å². The molecule has 9 heteroatoms. The third-order valence-electron chi connectivity index (χ3n) is 7.33. The number of hydrogen-bond acceptors (Lipinski definition) is 4. The summed E-state index contributed by atoms with van der Waals surface area (Å²) in [6, 6.07) is 29.2. The molecule has 0 fully saturated rings. The fraction of sp³-hybridized carbons (Fsp3) is 0.257. The number of carbonyl (C=O) groups is 2. The van der Waals surface area contributed by atoms with Gasteiger partial charge in [-0.05, 0) is 67.3 Å². The first kappa shape index (κ1) is 32.8. The van der Waals surface area contributed by atoms with Crippen LogP contribution >= 0.6 is 11.6 Å². The van der Waals surface area contributed by atoms with Gasteiger partial charge in [0.25, 0.3) is 10.0 Å². The molecule has 7 nitrogen and oxygen atoms in total. The number of aryl methyl sites for hydroxylation is 2. The fourth-order valence-corrected chi connectivity index (χ4v) is 6.64. The number of sulfonamides is 1. The molecule has 0 aliphatic carbocycles.